The number of halogens is 3. The molecule has 0 radical (unpaired) electrons. The zero-order chi connectivity index (χ0) is 17.3. The Morgan fingerprint density at radius 1 is 1.12 bits per heavy atom. The number of nitrogens with one attached hydrogen (secondary N) is 1. The van der Waals surface area contributed by atoms with Gasteiger partial charge in [-0.2, -0.15) is 13.2 Å². The molecule has 1 N–H and O–H groups in total. The fourth-order valence-electron chi connectivity index (χ4n) is 3.05. The van der Waals surface area contributed by atoms with Crippen LogP contribution in [-0.4, -0.2) is 34.2 Å². The Hall–Kier alpha value is -1.96. The fourth-order valence-corrected chi connectivity index (χ4v) is 3.05. The van der Waals surface area contributed by atoms with E-state index < -0.39 is 11.7 Å². The zero-order valence-corrected chi connectivity index (χ0v) is 13.5. The molecule has 1 aliphatic rings. The number of hydrogen-bond acceptors (Lipinski definition) is 5. The molecule has 0 bridgehead atoms. The summed E-state index contributed by atoms with van der Waals surface area (Å²) >= 11 is 0. The molecule has 0 unspecified atom stereocenters. The maximum Gasteiger partial charge on any atom is 0.419 e. The minimum Gasteiger partial charge on any atom is -0.381 e. The van der Waals surface area contributed by atoms with Gasteiger partial charge in [0.15, 0.2) is 0 Å². The largest absolute Gasteiger partial charge is 0.419 e. The average molecular weight is 340 g/mol. The highest BCUT2D eigenvalue weighted by Crippen LogP contribution is 2.34. The molecule has 130 valence electrons. The molecule has 3 rings (SSSR count). The first-order valence-electron chi connectivity index (χ1n) is 7.87. The molecule has 2 heterocycles. The molecule has 2 aromatic rings. The van der Waals surface area contributed by atoms with Crippen molar-refractivity contribution >= 4 is 16.9 Å². The number of rotatable bonds is 3. The maximum atomic E-state index is 13.2. The van der Waals surface area contributed by atoms with Gasteiger partial charge in [-0.15, -0.1) is 0 Å². The first kappa shape index (κ1) is 16.9. The van der Waals surface area contributed by atoms with Crippen molar-refractivity contribution in [3.63, 3.8) is 0 Å². The zero-order valence-electron chi connectivity index (χ0n) is 13.5. The lowest BCUT2D eigenvalue weighted by molar-refractivity contribution is -0.136. The first-order valence-corrected chi connectivity index (χ1v) is 7.87. The smallest absolute Gasteiger partial charge is 0.381 e. The summed E-state index contributed by atoms with van der Waals surface area (Å²) in [6.45, 7) is 1.64. The third-order valence-corrected chi connectivity index (χ3v) is 4.47. The van der Waals surface area contributed by atoms with Gasteiger partial charge in [0.05, 0.1) is 11.6 Å². The molecular weight excluding hydrogens is 321 g/mol. The van der Waals surface area contributed by atoms with E-state index in [0.29, 0.717) is 11.1 Å². The van der Waals surface area contributed by atoms with Gasteiger partial charge < -0.3 is 10.1 Å². The summed E-state index contributed by atoms with van der Waals surface area (Å²) in [6.07, 6.45) is 1.58. The highest BCUT2D eigenvalue weighted by atomic mass is 19.4. The van der Waals surface area contributed by atoms with Gasteiger partial charge in [0.1, 0.15) is 5.56 Å². The lowest BCUT2D eigenvalue weighted by Crippen LogP contribution is -2.29. The van der Waals surface area contributed by atoms with Crippen LogP contribution in [0.3, 0.4) is 0 Å². The predicted molar refractivity (Wildman–Crippen MR) is 83.7 cm³/mol. The van der Waals surface area contributed by atoms with Crippen LogP contribution in [0.25, 0.3) is 10.9 Å². The molecule has 0 aliphatic heterocycles. The van der Waals surface area contributed by atoms with E-state index in [4.69, 9.17) is 4.74 Å². The summed E-state index contributed by atoms with van der Waals surface area (Å²) < 4.78 is 44.9. The summed E-state index contributed by atoms with van der Waals surface area (Å²) in [5.41, 5.74) is -0.472. The van der Waals surface area contributed by atoms with E-state index in [9.17, 15) is 13.2 Å². The topological polar surface area (TPSA) is 59.9 Å². The summed E-state index contributed by atoms with van der Waals surface area (Å²) in [4.78, 5) is 12.1. The molecule has 0 atom stereocenters. The second-order valence-electron chi connectivity index (χ2n) is 6.06. The van der Waals surface area contributed by atoms with Crippen LogP contribution in [0.2, 0.25) is 0 Å². The van der Waals surface area contributed by atoms with Crippen LogP contribution in [-0.2, 0) is 10.9 Å². The molecule has 0 spiro atoms. The third kappa shape index (κ3) is 3.43. The Morgan fingerprint density at radius 3 is 2.46 bits per heavy atom. The molecule has 8 heteroatoms. The van der Waals surface area contributed by atoms with Gasteiger partial charge in [-0.3, -0.25) is 4.98 Å². The van der Waals surface area contributed by atoms with Crippen molar-refractivity contribution in [2.45, 2.75) is 50.9 Å². The standard InChI is InChI=1S/C16H19F3N4O/c1-9-12-7-21-15(22-10-3-5-11(24-2)6-4-10)23-14(12)13(8-20-9)16(17,18)19/h7-8,10-11H,3-6H2,1-2H3,(H,21,22,23). The van der Waals surface area contributed by atoms with Crippen molar-refractivity contribution in [3.8, 4) is 0 Å². The number of aryl methyl sites for hydroxylation is 1. The molecule has 0 amide bonds. The average Bonchev–Trinajstić information content (AvgIpc) is 2.54. The molecule has 0 saturated heterocycles. The summed E-state index contributed by atoms with van der Waals surface area (Å²) in [6, 6.07) is 0.145. The van der Waals surface area contributed by atoms with E-state index in [0.717, 1.165) is 31.9 Å². The van der Waals surface area contributed by atoms with Gasteiger partial charge >= 0.3 is 6.18 Å². The van der Waals surface area contributed by atoms with Gasteiger partial charge in [-0.1, -0.05) is 0 Å². The van der Waals surface area contributed by atoms with E-state index in [1.54, 1.807) is 14.0 Å². The Bertz CT molecular complexity index is 727. The SMILES string of the molecule is COC1CCC(Nc2ncc3c(C)ncc(C(F)(F)F)c3n2)CC1. The van der Waals surface area contributed by atoms with E-state index in [1.165, 1.54) is 6.20 Å². The molecule has 1 aliphatic carbocycles. The van der Waals surface area contributed by atoms with Crippen molar-refractivity contribution < 1.29 is 17.9 Å². The van der Waals surface area contributed by atoms with Crippen molar-refractivity contribution in [3.05, 3.63) is 23.7 Å². The third-order valence-electron chi connectivity index (χ3n) is 4.47. The monoisotopic (exact) mass is 340 g/mol. The van der Waals surface area contributed by atoms with Crippen molar-refractivity contribution in [2.24, 2.45) is 0 Å². The first-order chi connectivity index (χ1) is 11.4. The van der Waals surface area contributed by atoms with E-state index in [2.05, 4.69) is 20.3 Å². The Labute approximate surface area is 137 Å². The minimum absolute atomic E-state index is 0.113. The van der Waals surface area contributed by atoms with Crippen molar-refractivity contribution in [2.75, 3.05) is 12.4 Å². The Morgan fingerprint density at radius 2 is 1.83 bits per heavy atom. The van der Waals surface area contributed by atoms with Crippen LogP contribution in [0.1, 0.15) is 36.9 Å². The second kappa shape index (κ2) is 6.51. The summed E-state index contributed by atoms with van der Waals surface area (Å²) in [5.74, 6) is 0.222. The highest BCUT2D eigenvalue weighted by Gasteiger charge is 2.34. The van der Waals surface area contributed by atoms with Crippen LogP contribution in [0, 0.1) is 6.92 Å². The highest BCUT2D eigenvalue weighted by molar-refractivity contribution is 5.84. The number of methoxy groups -OCH3 is 1. The molecule has 1 saturated carbocycles. The fraction of sp³-hybridized carbons (Fsp3) is 0.562. The van der Waals surface area contributed by atoms with Gasteiger partial charge in [0.2, 0.25) is 5.95 Å². The van der Waals surface area contributed by atoms with Crippen LogP contribution in [0.15, 0.2) is 12.4 Å². The second-order valence-corrected chi connectivity index (χ2v) is 6.06. The van der Waals surface area contributed by atoms with E-state index in [-0.39, 0.29) is 23.6 Å². The number of anilines is 1. The van der Waals surface area contributed by atoms with Crippen molar-refractivity contribution in [1.29, 1.82) is 0 Å². The molecule has 0 aromatic carbocycles. The summed E-state index contributed by atoms with van der Waals surface area (Å²) in [7, 11) is 1.69. The van der Waals surface area contributed by atoms with Gasteiger partial charge in [0, 0.05) is 36.6 Å². The van der Waals surface area contributed by atoms with Crippen molar-refractivity contribution in [1.82, 2.24) is 15.0 Å². The molecule has 24 heavy (non-hydrogen) atoms. The normalized spacial score (nSPS) is 21.9. The predicted octanol–water partition coefficient (Wildman–Crippen LogP) is 3.72. The maximum absolute atomic E-state index is 13.2. The number of nitrogens with zero attached hydrogens (tertiary/aromatic N) is 3. The van der Waals surface area contributed by atoms with Gasteiger partial charge in [-0.25, -0.2) is 9.97 Å². The Balaban J connectivity index is 1.88. The van der Waals surface area contributed by atoms with E-state index in [1.807, 2.05) is 0 Å². The molecule has 5 nitrogen and oxygen atoms in total. The van der Waals surface area contributed by atoms with Crippen LogP contribution >= 0.6 is 0 Å². The molecule has 1 fully saturated rings. The molecule has 2 aromatic heterocycles. The molecular formula is C16H19F3N4O. The minimum atomic E-state index is -4.50. The quantitative estimate of drug-likeness (QED) is 0.923. The lowest BCUT2D eigenvalue weighted by Gasteiger charge is -2.28. The number of alkyl halides is 3. The summed E-state index contributed by atoms with van der Waals surface area (Å²) in [5, 5.41) is 3.47. The van der Waals surface area contributed by atoms with Crippen LogP contribution < -0.4 is 5.32 Å². The van der Waals surface area contributed by atoms with Gasteiger partial charge in [-0.05, 0) is 32.6 Å². The number of pyridine rings is 1. The lowest BCUT2D eigenvalue weighted by atomic mass is 9.93. The number of fused-ring (bicyclic) bond motifs is 1. The number of ether oxygens (including phenoxy) is 1. The van der Waals surface area contributed by atoms with Crippen LogP contribution in [0.4, 0.5) is 19.1 Å². The van der Waals surface area contributed by atoms with Crippen LogP contribution in [0.5, 0.6) is 0 Å². The van der Waals surface area contributed by atoms with E-state index >= 15 is 0 Å². The Kier molecular flexibility index (Phi) is 4.58. The van der Waals surface area contributed by atoms with Gasteiger partial charge in [0.25, 0.3) is 0 Å². The number of hydrogen-bond donors (Lipinski definition) is 1. The number of aromatic nitrogens is 3.